The van der Waals surface area contributed by atoms with Crippen molar-refractivity contribution in [1.29, 1.82) is 0 Å². The third-order valence-electron chi connectivity index (χ3n) is 6.79. The van der Waals surface area contributed by atoms with Crippen LogP contribution in [-0.2, 0) is 12.8 Å². The summed E-state index contributed by atoms with van der Waals surface area (Å²) >= 11 is 0. The molecule has 3 nitrogen and oxygen atoms in total. The summed E-state index contributed by atoms with van der Waals surface area (Å²) in [5, 5.41) is 13.0. The molecule has 0 radical (unpaired) electrons. The molecule has 0 saturated heterocycles. The molecule has 3 heteroatoms. The van der Waals surface area contributed by atoms with Crippen LogP contribution in [0.4, 0.5) is 0 Å². The van der Waals surface area contributed by atoms with Gasteiger partial charge < -0.3 is 9.84 Å². The minimum Gasteiger partial charge on any atom is -0.507 e. The third-order valence-corrected chi connectivity index (χ3v) is 6.79. The maximum atomic E-state index is 10.9. The fourth-order valence-electron chi connectivity index (χ4n) is 5.76. The zero-order chi connectivity index (χ0) is 17.4. The molecule has 1 saturated carbocycles. The van der Waals surface area contributed by atoms with Crippen molar-refractivity contribution in [2.45, 2.75) is 43.9 Å². The van der Waals surface area contributed by atoms with Gasteiger partial charge in [0.2, 0.25) is 0 Å². The second kappa shape index (κ2) is 5.00. The van der Waals surface area contributed by atoms with E-state index in [0.29, 0.717) is 17.6 Å². The molecule has 3 aromatic rings. The lowest BCUT2D eigenvalue weighted by Gasteiger charge is -2.33. The fraction of sp³-hybridized carbons (Fsp3) is 0.348. The summed E-state index contributed by atoms with van der Waals surface area (Å²) in [5.74, 6) is 2.31. The maximum Gasteiger partial charge on any atom is 0.123 e. The number of fused-ring (bicyclic) bond motifs is 3. The lowest BCUT2D eigenvalue weighted by atomic mass is 9.71. The van der Waals surface area contributed by atoms with Crippen LogP contribution in [0.3, 0.4) is 0 Å². The van der Waals surface area contributed by atoms with Gasteiger partial charge in [-0.1, -0.05) is 6.42 Å². The van der Waals surface area contributed by atoms with Gasteiger partial charge in [0, 0.05) is 22.8 Å². The van der Waals surface area contributed by atoms with Gasteiger partial charge in [-0.25, -0.2) is 0 Å². The molecular formula is C23H21NO2. The monoisotopic (exact) mass is 343 g/mol. The summed E-state index contributed by atoms with van der Waals surface area (Å²) in [7, 11) is 1.69. The highest BCUT2D eigenvalue weighted by Crippen LogP contribution is 2.58. The van der Waals surface area contributed by atoms with E-state index in [1.807, 2.05) is 18.3 Å². The Labute approximate surface area is 152 Å². The van der Waals surface area contributed by atoms with Crippen LogP contribution in [0.15, 0.2) is 30.5 Å². The van der Waals surface area contributed by atoms with Crippen molar-refractivity contribution in [3.8, 4) is 22.6 Å². The number of benzene rings is 2. The van der Waals surface area contributed by atoms with Crippen LogP contribution in [0.2, 0.25) is 0 Å². The summed E-state index contributed by atoms with van der Waals surface area (Å²) in [6.07, 6.45) is 7.60. The van der Waals surface area contributed by atoms with Gasteiger partial charge in [0.15, 0.2) is 0 Å². The van der Waals surface area contributed by atoms with Crippen LogP contribution < -0.4 is 4.74 Å². The van der Waals surface area contributed by atoms with Crippen molar-refractivity contribution in [2.75, 3.05) is 7.11 Å². The highest BCUT2D eigenvalue weighted by atomic mass is 16.5. The average Bonchev–Trinajstić information content (AvgIpc) is 3.09. The zero-order valence-corrected chi connectivity index (χ0v) is 14.9. The summed E-state index contributed by atoms with van der Waals surface area (Å²) in [5.41, 5.74) is 8.02. The van der Waals surface area contributed by atoms with E-state index in [0.717, 1.165) is 24.0 Å². The Hall–Kier alpha value is -2.55. The Morgan fingerprint density at radius 1 is 1.04 bits per heavy atom. The minimum absolute atomic E-state index is 0.389. The van der Waals surface area contributed by atoms with Gasteiger partial charge in [-0.3, -0.25) is 4.98 Å². The van der Waals surface area contributed by atoms with Crippen molar-refractivity contribution in [3.63, 3.8) is 0 Å². The normalized spacial score (nSPS) is 22.2. The highest BCUT2D eigenvalue weighted by Gasteiger charge is 2.40. The molecule has 1 N–H and O–H groups in total. The molecule has 2 aromatic carbocycles. The first kappa shape index (κ1) is 14.6. The number of aryl methyl sites for hydroxylation is 2. The molecule has 0 spiro atoms. The van der Waals surface area contributed by atoms with Crippen molar-refractivity contribution in [3.05, 3.63) is 52.8 Å². The van der Waals surface area contributed by atoms with E-state index in [4.69, 9.17) is 9.72 Å². The molecule has 0 bridgehead atoms. The van der Waals surface area contributed by atoms with Crippen LogP contribution in [0, 0.1) is 0 Å². The van der Waals surface area contributed by atoms with Crippen molar-refractivity contribution in [2.24, 2.45) is 0 Å². The fourth-order valence-corrected chi connectivity index (χ4v) is 5.76. The number of nitrogens with zero attached hydrogens (tertiary/aromatic N) is 1. The summed E-state index contributed by atoms with van der Waals surface area (Å²) in [6.45, 7) is 0. The SMILES string of the molecule is COc1cc2c3c4c(cc(O)c3c1)C1CCCC1c1ccnc(c1-4)CC2. The number of aromatic nitrogens is 1. The second-order valence-corrected chi connectivity index (χ2v) is 7.93. The molecule has 6 rings (SSSR count). The first-order valence-electron chi connectivity index (χ1n) is 9.61. The predicted molar refractivity (Wildman–Crippen MR) is 102 cm³/mol. The van der Waals surface area contributed by atoms with E-state index >= 15 is 0 Å². The van der Waals surface area contributed by atoms with Gasteiger partial charge in [-0.15, -0.1) is 0 Å². The average molecular weight is 343 g/mol. The molecule has 3 aliphatic carbocycles. The lowest BCUT2D eigenvalue weighted by molar-refractivity contribution is 0.414. The number of hydrogen-bond donors (Lipinski definition) is 1. The van der Waals surface area contributed by atoms with E-state index < -0.39 is 0 Å². The van der Waals surface area contributed by atoms with Gasteiger partial charge in [0.05, 0.1) is 7.11 Å². The topological polar surface area (TPSA) is 42.4 Å². The first-order chi connectivity index (χ1) is 12.8. The Morgan fingerprint density at radius 3 is 2.73 bits per heavy atom. The number of phenols is 1. The molecule has 1 fully saturated rings. The first-order valence-corrected chi connectivity index (χ1v) is 9.61. The Morgan fingerprint density at radius 2 is 1.88 bits per heavy atom. The van der Waals surface area contributed by atoms with Crippen LogP contribution in [0.25, 0.3) is 21.9 Å². The van der Waals surface area contributed by atoms with Crippen molar-refractivity contribution >= 4 is 10.8 Å². The molecule has 1 heterocycles. The van der Waals surface area contributed by atoms with Gasteiger partial charge in [-0.2, -0.15) is 0 Å². The summed E-state index contributed by atoms with van der Waals surface area (Å²) < 4.78 is 5.51. The number of methoxy groups -OCH3 is 1. The molecular weight excluding hydrogens is 322 g/mol. The number of hydrogen-bond acceptors (Lipinski definition) is 3. The van der Waals surface area contributed by atoms with Gasteiger partial charge in [-0.05, 0) is 89.4 Å². The Balaban J connectivity index is 1.83. The van der Waals surface area contributed by atoms with E-state index in [1.54, 1.807) is 7.11 Å². The van der Waals surface area contributed by atoms with E-state index in [2.05, 4.69) is 12.1 Å². The molecule has 130 valence electrons. The van der Waals surface area contributed by atoms with Crippen molar-refractivity contribution < 1.29 is 9.84 Å². The van der Waals surface area contributed by atoms with Crippen LogP contribution in [0.5, 0.6) is 11.5 Å². The van der Waals surface area contributed by atoms with E-state index in [-0.39, 0.29) is 0 Å². The van der Waals surface area contributed by atoms with Gasteiger partial charge >= 0.3 is 0 Å². The number of ether oxygens (including phenoxy) is 1. The molecule has 1 aromatic heterocycles. The standard InChI is InChI=1S/C23H21NO2/c1-26-13-9-12-5-6-19-22-16(7-8-24-19)14-3-2-4-15(14)17-11-20(25)18(10-13)21(12)23(17)22/h7-11,14-15,25H,2-6H2,1H3. The number of aromatic hydroxyl groups is 1. The number of phenolic OH excluding ortho intramolecular Hbond substituents is 1. The lowest BCUT2D eigenvalue weighted by Crippen LogP contribution is -2.15. The second-order valence-electron chi connectivity index (χ2n) is 7.93. The minimum atomic E-state index is 0.389. The van der Waals surface area contributed by atoms with Crippen LogP contribution in [-0.4, -0.2) is 17.2 Å². The quantitative estimate of drug-likeness (QED) is 0.670. The largest absolute Gasteiger partial charge is 0.507 e. The van der Waals surface area contributed by atoms with Crippen LogP contribution in [0.1, 0.15) is 53.5 Å². The smallest absolute Gasteiger partial charge is 0.123 e. The summed E-state index contributed by atoms with van der Waals surface area (Å²) in [4.78, 5) is 4.77. The van der Waals surface area contributed by atoms with Crippen LogP contribution >= 0.6 is 0 Å². The van der Waals surface area contributed by atoms with E-state index in [1.165, 1.54) is 58.2 Å². The predicted octanol–water partition coefficient (Wildman–Crippen LogP) is 5.08. The summed E-state index contributed by atoms with van der Waals surface area (Å²) in [6, 6.07) is 8.41. The molecule has 2 unspecified atom stereocenters. The maximum absolute atomic E-state index is 10.9. The van der Waals surface area contributed by atoms with E-state index in [9.17, 15) is 5.11 Å². The van der Waals surface area contributed by atoms with Crippen molar-refractivity contribution in [1.82, 2.24) is 4.98 Å². The van der Waals surface area contributed by atoms with Gasteiger partial charge in [0.25, 0.3) is 0 Å². The molecule has 0 amide bonds. The highest BCUT2D eigenvalue weighted by molar-refractivity contribution is 6.06. The number of rotatable bonds is 1. The Bertz CT molecular complexity index is 1090. The third kappa shape index (κ3) is 1.71. The zero-order valence-electron chi connectivity index (χ0n) is 14.9. The Kier molecular flexibility index (Phi) is 2.81. The molecule has 3 aliphatic rings. The molecule has 0 aliphatic heterocycles. The molecule has 2 atom stereocenters. The number of pyridine rings is 1. The molecule has 26 heavy (non-hydrogen) atoms. The van der Waals surface area contributed by atoms with Gasteiger partial charge in [0.1, 0.15) is 11.5 Å².